The largest absolute Gasteiger partial charge is 0.477 e. The topological polar surface area (TPSA) is 49.3 Å². The standard InChI is InChI=1S/C14H17NO2S2/c1-9(7-11-4-3-10(2)18-11)15-8-12-5-6-13(19-12)14(16)17/h3-6,9,15H,7-8H2,1-2H3,(H,16,17). The summed E-state index contributed by atoms with van der Waals surface area (Å²) in [7, 11) is 0. The van der Waals surface area contributed by atoms with E-state index < -0.39 is 5.97 Å². The Labute approximate surface area is 120 Å². The summed E-state index contributed by atoms with van der Waals surface area (Å²) in [6.07, 6.45) is 1.01. The fourth-order valence-corrected chi connectivity index (χ4v) is 3.65. The van der Waals surface area contributed by atoms with E-state index in [0.717, 1.165) is 17.8 Å². The zero-order chi connectivity index (χ0) is 13.8. The van der Waals surface area contributed by atoms with E-state index in [2.05, 4.69) is 31.3 Å². The molecule has 2 aromatic heterocycles. The van der Waals surface area contributed by atoms with Crippen molar-refractivity contribution in [1.29, 1.82) is 0 Å². The summed E-state index contributed by atoms with van der Waals surface area (Å²) in [6, 6.07) is 8.24. The van der Waals surface area contributed by atoms with Crippen LogP contribution < -0.4 is 5.32 Å². The van der Waals surface area contributed by atoms with Gasteiger partial charge >= 0.3 is 5.97 Å². The molecule has 0 aliphatic rings. The van der Waals surface area contributed by atoms with Crippen LogP contribution >= 0.6 is 22.7 Å². The molecule has 102 valence electrons. The molecule has 1 atom stereocenters. The molecule has 0 saturated carbocycles. The van der Waals surface area contributed by atoms with Gasteiger partial charge in [-0.3, -0.25) is 0 Å². The van der Waals surface area contributed by atoms with Crippen molar-refractivity contribution in [2.24, 2.45) is 0 Å². The van der Waals surface area contributed by atoms with Crippen LogP contribution in [-0.4, -0.2) is 17.1 Å². The van der Waals surface area contributed by atoms with Crippen molar-refractivity contribution in [2.75, 3.05) is 0 Å². The summed E-state index contributed by atoms with van der Waals surface area (Å²) >= 11 is 3.16. The van der Waals surface area contributed by atoms with Gasteiger partial charge in [0.1, 0.15) is 4.88 Å². The van der Waals surface area contributed by atoms with E-state index in [0.29, 0.717) is 10.9 Å². The van der Waals surface area contributed by atoms with Crippen LogP contribution in [0.1, 0.15) is 31.2 Å². The predicted octanol–water partition coefficient (Wildman–Crippen LogP) is 3.54. The minimum absolute atomic E-state index is 0.383. The molecule has 0 aromatic carbocycles. The van der Waals surface area contributed by atoms with E-state index in [-0.39, 0.29) is 0 Å². The molecular formula is C14H17NO2S2. The van der Waals surface area contributed by atoms with E-state index in [1.807, 2.05) is 17.4 Å². The van der Waals surface area contributed by atoms with Gasteiger partial charge in [0, 0.05) is 27.2 Å². The van der Waals surface area contributed by atoms with Crippen molar-refractivity contribution >= 4 is 28.6 Å². The molecule has 0 aliphatic carbocycles. The van der Waals surface area contributed by atoms with Crippen molar-refractivity contribution < 1.29 is 9.90 Å². The molecular weight excluding hydrogens is 278 g/mol. The second kappa shape index (κ2) is 6.32. The second-order valence-electron chi connectivity index (χ2n) is 4.57. The number of aryl methyl sites for hydroxylation is 1. The van der Waals surface area contributed by atoms with Crippen molar-refractivity contribution in [3.63, 3.8) is 0 Å². The normalized spacial score (nSPS) is 12.5. The molecule has 2 rings (SSSR count). The minimum Gasteiger partial charge on any atom is -0.477 e. The molecule has 3 nitrogen and oxygen atoms in total. The highest BCUT2D eigenvalue weighted by Crippen LogP contribution is 2.18. The van der Waals surface area contributed by atoms with Crippen molar-refractivity contribution in [3.8, 4) is 0 Å². The van der Waals surface area contributed by atoms with Crippen molar-refractivity contribution in [1.82, 2.24) is 5.32 Å². The molecule has 5 heteroatoms. The van der Waals surface area contributed by atoms with Gasteiger partial charge in [0.25, 0.3) is 0 Å². The third-order valence-corrected chi connectivity index (χ3v) is 4.90. The van der Waals surface area contributed by atoms with Gasteiger partial charge in [0.2, 0.25) is 0 Å². The maximum atomic E-state index is 10.8. The molecule has 0 radical (unpaired) electrons. The number of carboxylic acid groups (broad SMARTS) is 1. The number of carbonyl (C=O) groups is 1. The zero-order valence-electron chi connectivity index (χ0n) is 11.0. The first-order valence-corrected chi connectivity index (χ1v) is 7.78. The number of rotatable bonds is 6. The smallest absolute Gasteiger partial charge is 0.345 e. The molecule has 0 bridgehead atoms. The first kappa shape index (κ1) is 14.2. The maximum absolute atomic E-state index is 10.8. The van der Waals surface area contributed by atoms with E-state index >= 15 is 0 Å². The van der Waals surface area contributed by atoms with Crippen LogP contribution in [0.3, 0.4) is 0 Å². The molecule has 2 N–H and O–H groups in total. The Morgan fingerprint density at radius 1 is 1.26 bits per heavy atom. The molecule has 0 aliphatic heterocycles. The number of aromatic carboxylic acids is 1. The lowest BCUT2D eigenvalue weighted by molar-refractivity contribution is 0.0702. The lowest BCUT2D eigenvalue weighted by atomic mass is 10.2. The summed E-state index contributed by atoms with van der Waals surface area (Å²) < 4.78 is 0. The summed E-state index contributed by atoms with van der Waals surface area (Å²) in [5, 5.41) is 12.3. The quantitative estimate of drug-likeness (QED) is 0.857. The van der Waals surface area contributed by atoms with Crippen molar-refractivity contribution in [3.05, 3.63) is 43.8 Å². The number of hydrogen-bond donors (Lipinski definition) is 2. The molecule has 2 heterocycles. The molecule has 0 saturated heterocycles. The van der Waals surface area contributed by atoms with E-state index in [4.69, 9.17) is 5.11 Å². The number of hydrogen-bond acceptors (Lipinski definition) is 4. The first-order chi connectivity index (χ1) is 9.04. The fraction of sp³-hybridized carbons (Fsp3) is 0.357. The molecule has 0 fully saturated rings. The van der Waals surface area contributed by atoms with Crippen LogP contribution in [0.25, 0.3) is 0 Å². The van der Waals surface area contributed by atoms with Crippen LogP contribution in [0.2, 0.25) is 0 Å². The summed E-state index contributed by atoms with van der Waals surface area (Å²) in [6.45, 7) is 5.00. The molecule has 19 heavy (non-hydrogen) atoms. The summed E-state index contributed by atoms with van der Waals surface area (Å²) in [5.74, 6) is -0.849. The van der Waals surface area contributed by atoms with Gasteiger partial charge in [0.05, 0.1) is 0 Å². The number of thiophene rings is 2. The van der Waals surface area contributed by atoms with Crippen molar-refractivity contribution in [2.45, 2.75) is 32.9 Å². The highest BCUT2D eigenvalue weighted by Gasteiger charge is 2.09. The second-order valence-corrected chi connectivity index (χ2v) is 7.11. The Balaban J connectivity index is 1.82. The number of carboxylic acids is 1. The minimum atomic E-state index is -0.849. The highest BCUT2D eigenvalue weighted by molar-refractivity contribution is 7.13. The van der Waals surface area contributed by atoms with Crippen LogP contribution in [0, 0.1) is 6.92 Å². The van der Waals surface area contributed by atoms with Gasteiger partial charge in [-0.1, -0.05) is 0 Å². The van der Waals surface area contributed by atoms with Gasteiger partial charge in [-0.2, -0.15) is 0 Å². The molecule has 0 spiro atoms. The monoisotopic (exact) mass is 295 g/mol. The average molecular weight is 295 g/mol. The maximum Gasteiger partial charge on any atom is 0.345 e. The third-order valence-electron chi connectivity index (χ3n) is 2.80. The SMILES string of the molecule is Cc1ccc(CC(C)NCc2ccc(C(=O)O)s2)s1. The summed E-state index contributed by atoms with van der Waals surface area (Å²) in [5.41, 5.74) is 0. The molecule has 2 aromatic rings. The highest BCUT2D eigenvalue weighted by atomic mass is 32.1. The average Bonchev–Trinajstić information content (AvgIpc) is 2.96. The first-order valence-electron chi connectivity index (χ1n) is 6.15. The van der Waals surface area contributed by atoms with Gasteiger partial charge < -0.3 is 10.4 Å². The van der Waals surface area contributed by atoms with E-state index in [1.54, 1.807) is 6.07 Å². The Morgan fingerprint density at radius 3 is 2.58 bits per heavy atom. The van der Waals surface area contributed by atoms with Gasteiger partial charge in [-0.05, 0) is 44.5 Å². The Hall–Kier alpha value is -1.17. The third kappa shape index (κ3) is 4.16. The zero-order valence-corrected chi connectivity index (χ0v) is 12.6. The molecule has 0 amide bonds. The summed E-state index contributed by atoms with van der Waals surface area (Å²) in [4.78, 5) is 15.0. The van der Waals surface area contributed by atoms with Gasteiger partial charge in [0.15, 0.2) is 0 Å². The fourth-order valence-electron chi connectivity index (χ4n) is 1.83. The molecule has 1 unspecified atom stereocenters. The predicted molar refractivity (Wildman–Crippen MR) is 80.3 cm³/mol. The van der Waals surface area contributed by atoms with Crippen LogP contribution in [0.4, 0.5) is 0 Å². The lowest BCUT2D eigenvalue weighted by Gasteiger charge is -2.11. The van der Waals surface area contributed by atoms with Crippen LogP contribution in [0.5, 0.6) is 0 Å². The van der Waals surface area contributed by atoms with Crippen LogP contribution in [0.15, 0.2) is 24.3 Å². The number of nitrogens with one attached hydrogen (secondary N) is 1. The van der Waals surface area contributed by atoms with Crippen LogP contribution in [-0.2, 0) is 13.0 Å². The Kier molecular flexibility index (Phi) is 4.74. The van der Waals surface area contributed by atoms with E-state index in [9.17, 15) is 4.79 Å². The Bertz CT molecular complexity index is 559. The lowest BCUT2D eigenvalue weighted by Crippen LogP contribution is -2.26. The van der Waals surface area contributed by atoms with Gasteiger partial charge in [-0.15, -0.1) is 22.7 Å². The van der Waals surface area contributed by atoms with E-state index in [1.165, 1.54) is 21.1 Å². The van der Waals surface area contributed by atoms with Gasteiger partial charge in [-0.25, -0.2) is 4.79 Å². The Morgan fingerprint density at radius 2 is 2.00 bits per heavy atom.